The van der Waals surface area contributed by atoms with Gasteiger partial charge in [0.2, 0.25) is 0 Å². The molecule has 0 bridgehead atoms. The van der Waals surface area contributed by atoms with Crippen molar-refractivity contribution >= 4 is 23.9 Å². The van der Waals surface area contributed by atoms with Gasteiger partial charge in [0.15, 0.2) is 11.5 Å². The Morgan fingerprint density at radius 3 is 1.86 bits per heavy atom. The van der Waals surface area contributed by atoms with Gasteiger partial charge >= 0.3 is 23.9 Å². The molecule has 9 nitrogen and oxygen atoms in total. The molecular formula is C26H39NO8. The van der Waals surface area contributed by atoms with Crippen molar-refractivity contribution in [2.75, 3.05) is 7.11 Å². The van der Waals surface area contributed by atoms with Crippen molar-refractivity contribution in [2.45, 2.75) is 85.3 Å². The van der Waals surface area contributed by atoms with Crippen LogP contribution in [0.1, 0.15) is 85.1 Å². The molecule has 0 fully saturated rings. The summed E-state index contributed by atoms with van der Waals surface area (Å²) in [5.74, 6) is -2.76. The fourth-order valence-electron chi connectivity index (χ4n) is 3.50. The highest BCUT2D eigenvalue weighted by molar-refractivity contribution is 5.84. The summed E-state index contributed by atoms with van der Waals surface area (Å²) < 4.78 is 21.0. The van der Waals surface area contributed by atoms with Gasteiger partial charge < -0.3 is 18.9 Å². The number of methoxy groups -OCH3 is 1. The van der Waals surface area contributed by atoms with Crippen LogP contribution < -0.4 is 15.2 Å². The summed E-state index contributed by atoms with van der Waals surface area (Å²) in [6.45, 7) is 10.9. The zero-order valence-electron chi connectivity index (χ0n) is 21.8. The molecule has 0 aliphatic heterocycles. The Bertz CT molecular complexity index is 895. The van der Waals surface area contributed by atoms with E-state index in [1.807, 2.05) is 27.7 Å². The lowest BCUT2D eigenvalue weighted by atomic mass is 9.86. The number of benzene rings is 1. The zero-order valence-corrected chi connectivity index (χ0v) is 21.8. The van der Waals surface area contributed by atoms with Crippen LogP contribution in [-0.4, -0.2) is 36.7 Å². The van der Waals surface area contributed by atoms with Crippen LogP contribution in [0.2, 0.25) is 0 Å². The average Bonchev–Trinajstić information content (AvgIpc) is 2.77. The third-order valence-electron chi connectivity index (χ3n) is 5.41. The lowest BCUT2D eigenvalue weighted by Gasteiger charge is -2.33. The molecule has 0 spiro atoms. The number of ether oxygens (including phenoxy) is 4. The first-order valence-electron chi connectivity index (χ1n) is 12.0. The van der Waals surface area contributed by atoms with Crippen LogP contribution in [0.25, 0.3) is 0 Å². The SMILES string of the molecule is CCC(c1ccc(OC(=O)CCC(C)C)c(OC(=O)CCC(C)C)c1)[C@](N)(OC(C)=O)C(=O)OC. The van der Waals surface area contributed by atoms with E-state index in [2.05, 4.69) is 0 Å². The Morgan fingerprint density at radius 2 is 1.43 bits per heavy atom. The smallest absolute Gasteiger partial charge is 0.366 e. The zero-order chi connectivity index (χ0) is 26.8. The van der Waals surface area contributed by atoms with Gasteiger partial charge in [-0.3, -0.25) is 20.1 Å². The minimum absolute atomic E-state index is 0.0163. The molecule has 0 aliphatic carbocycles. The van der Waals surface area contributed by atoms with Crippen molar-refractivity contribution < 1.29 is 38.1 Å². The largest absolute Gasteiger partial charge is 0.465 e. The van der Waals surface area contributed by atoms with Crippen molar-refractivity contribution in [1.29, 1.82) is 0 Å². The molecular weight excluding hydrogens is 454 g/mol. The predicted molar refractivity (Wildman–Crippen MR) is 130 cm³/mol. The van der Waals surface area contributed by atoms with Gasteiger partial charge in [-0.25, -0.2) is 4.79 Å². The van der Waals surface area contributed by atoms with E-state index in [1.165, 1.54) is 12.1 Å². The predicted octanol–water partition coefficient (Wildman–Crippen LogP) is 4.25. The number of esters is 4. The molecule has 196 valence electrons. The second-order valence-corrected chi connectivity index (χ2v) is 9.36. The summed E-state index contributed by atoms with van der Waals surface area (Å²) in [4.78, 5) is 49.1. The first-order chi connectivity index (χ1) is 16.3. The summed E-state index contributed by atoms with van der Waals surface area (Å²) in [5, 5.41) is 0. The van der Waals surface area contributed by atoms with E-state index >= 15 is 0 Å². The van der Waals surface area contributed by atoms with Crippen molar-refractivity contribution in [3.8, 4) is 11.5 Å². The van der Waals surface area contributed by atoms with Crippen molar-refractivity contribution in [3.63, 3.8) is 0 Å². The van der Waals surface area contributed by atoms with E-state index in [0.717, 1.165) is 14.0 Å². The standard InChI is InChI=1S/C26H39NO8/c1-8-20(26(27,25(31)32-7)35-18(6)28)19-11-12-21(33-23(29)13-9-16(2)3)22(15-19)34-24(30)14-10-17(4)5/h11-12,15-17,20H,8-10,13-14,27H2,1-7H3/t20?,26-/m0/s1. The van der Waals surface area contributed by atoms with E-state index < -0.39 is 35.5 Å². The van der Waals surface area contributed by atoms with Gasteiger partial charge in [0, 0.05) is 25.7 Å². The van der Waals surface area contributed by atoms with E-state index in [9.17, 15) is 19.2 Å². The van der Waals surface area contributed by atoms with Crippen LogP contribution in [-0.2, 0) is 28.7 Å². The Hall–Kier alpha value is -2.94. The summed E-state index contributed by atoms with van der Waals surface area (Å²) in [5.41, 5.74) is 4.58. The van der Waals surface area contributed by atoms with Crippen LogP contribution in [0.5, 0.6) is 11.5 Å². The maximum absolute atomic E-state index is 12.5. The highest BCUT2D eigenvalue weighted by Crippen LogP contribution is 2.38. The molecule has 35 heavy (non-hydrogen) atoms. The fraction of sp³-hybridized carbons (Fsp3) is 0.615. The molecule has 0 amide bonds. The molecule has 9 heteroatoms. The number of hydrogen-bond acceptors (Lipinski definition) is 9. The van der Waals surface area contributed by atoms with Gasteiger partial charge in [0.25, 0.3) is 5.72 Å². The van der Waals surface area contributed by atoms with Gasteiger partial charge in [-0.05, 0) is 48.8 Å². The summed E-state index contributed by atoms with van der Waals surface area (Å²) in [6, 6.07) is 4.53. The van der Waals surface area contributed by atoms with Crippen LogP contribution in [0.3, 0.4) is 0 Å². The minimum atomic E-state index is -2.11. The third kappa shape index (κ3) is 9.32. The lowest BCUT2D eigenvalue weighted by Crippen LogP contribution is -2.56. The Kier molecular flexibility index (Phi) is 11.9. The average molecular weight is 494 g/mol. The van der Waals surface area contributed by atoms with Crippen molar-refractivity contribution in [2.24, 2.45) is 17.6 Å². The van der Waals surface area contributed by atoms with E-state index in [0.29, 0.717) is 30.2 Å². The third-order valence-corrected chi connectivity index (χ3v) is 5.41. The maximum atomic E-state index is 12.5. The quantitative estimate of drug-likeness (QED) is 0.243. The Labute approximate surface area is 207 Å². The summed E-state index contributed by atoms with van der Waals surface area (Å²) in [7, 11) is 1.14. The molecule has 0 saturated carbocycles. The monoisotopic (exact) mass is 493 g/mol. The number of rotatable bonds is 13. The molecule has 0 radical (unpaired) electrons. The van der Waals surface area contributed by atoms with Crippen LogP contribution in [0.4, 0.5) is 0 Å². The first-order valence-corrected chi connectivity index (χ1v) is 12.0. The van der Waals surface area contributed by atoms with Gasteiger partial charge in [-0.2, -0.15) is 0 Å². The van der Waals surface area contributed by atoms with E-state index in [-0.39, 0.29) is 30.8 Å². The molecule has 0 aromatic heterocycles. The van der Waals surface area contributed by atoms with Gasteiger partial charge in [0.1, 0.15) is 0 Å². The molecule has 0 aliphatic rings. The molecule has 0 saturated heterocycles. The molecule has 1 unspecified atom stereocenters. The van der Waals surface area contributed by atoms with Gasteiger partial charge in [-0.1, -0.05) is 40.7 Å². The van der Waals surface area contributed by atoms with Crippen molar-refractivity contribution in [3.05, 3.63) is 23.8 Å². The van der Waals surface area contributed by atoms with Crippen LogP contribution >= 0.6 is 0 Å². The van der Waals surface area contributed by atoms with E-state index in [1.54, 1.807) is 13.0 Å². The topological polar surface area (TPSA) is 131 Å². The molecule has 1 aromatic carbocycles. The lowest BCUT2D eigenvalue weighted by molar-refractivity contribution is -0.182. The summed E-state index contributed by atoms with van der Waals surface area (Å²) >= 11 is 0. The second-order valence-electron chi connectivity index (χ2n) is 9.36. The van der Waals surface area contributed by atoms with E-state index in [4.69, 9.17) is 24.7 Å². The molecule has 0 heterocycles. The Balaban J connectivity index is 3.41. The Morgan fingerprint density at radius 1 is 0.914 bits per heavy atom. The van der Waals surface area contributed by atoms with Crippen LogP contribution in [0.15, 0.2) is 18.2 Å². The first kappa shape index (κ1) is 30.1. The van der Waals surface area contributed by atoms with Crippen LogP contribution in [0, 0.1) is 11.8 Å². The fourth-order valence-corrected chi connectivity index (χ4v) is 3.50. The molecule has 1 aromatic rings. The van der Waals surface area contributed by atoms with Crippen molar-refractivity contribution in [1.82, 2.24) is 0 Å². The molecule has 1 rings (SSSR count). The van der Waals surface area contributed by atoms with Gasteiger partial charge in [0.05, 0.1) is 7.11 Å². The molecule has 2 atom stereocenters. The maximum Gasteiger partial charge on any atom is 0.366 e. The highest BCUT2D eigenvalue weighted by atomic mass is 16.6. The summed E-state index contributed by atoms with van der Waals surface area (Å²) in [6.07, 6.45) is 1.94. The number of carbonyl (C=O) groups is 4. The number of nitrogens with two attached hydrogens (primary N) is 1. The highest BCUT2D eigenvalue weighted by Gasteiger charge is 2.47. The number of hydrogen-bond donors (Lipinski definition) is 1. The van der Waals surface area contributed by atoms with Gasteiger partial charge in [-0.15, -0.1) is 0 Å². The normalized spacial score (nSPS) is 13.7. The molecule has 2 N–H and O–H groups in total. The minimum Gasteiger partial charge on any atom is -0.465 e. The number of carbonyl (C=O) groups excluding carboxylic acids is 4. The second kappa shape index (κ2) is 13.8.